The van der Waals surface area contributed by atoms with E-state index in [0.29, 0.717) is 24.7 Å². The number of pyridine rings is 1. The highest BCUT2D eigenvalue weighted by atomic mass is 16.7. The SMILES string of the molecule is c1cc2ncc(OC3=NOCC3)cc2[nH]1. The van der Waals surface area contributed by atoms with E-state index in [1.54, 1.807) is 6.20 Å². The van der Waals surface area contributed by atoms with Crippen molar-refractivity contribution in [2.24, 2.45) is 5.16 Å². The number of rotatable bonds is 1. The van der Waals surface area contributed by atoms with Crippen LogP contribution in [0.3, 0.4) is 0 Å². The lowest BCUT2D eigenvalue weighted by Crippen LogP contribution is -2.05. The van der Waals surface area contributed by atoms with E-state index in [2.05, 4.69) is 15.1 Å². The summed E-state index contributed by atoms with van der Waals surface area (Å²) in [6, 6.07) is 3.80. The van der Waals surface area contributed by atoms with Gasteiger partial charge in [0.1, 0.15) is 12.4 Å². The van der Waals surface area contributed by atoms with Gasteiger partial charge in [-0.3, -0.25) is 4.98 Å². The van der Waals surface area contributed by atoms with Crippen molar-refractivity contribution >= 4 is 16.9 Å². The van der Waals surface area contributed by atoms with Crippen LogP contribution in [-0.2, 0) is 4.84 Å². The first-order valence-corrected chi connectivity index (χ1v) is 4.72. The summed E-state index contributed by atoms with van der Waals surface area (Å²) in [4.78, 5) is 12.1. The lowest BCUT2D eigenvalue weighted by molar-refractivity contribution is 0.173. The summed E-state index contributed by atoms with van der Waals surface area (Å²) >= 11 is 0. The van der Waals surface area contributed by atoms with Crippen molar-refractivity contribution in [2.45, 2.75) is 6.42 Å². The molecule has 0 aliphatic carbocycles. The maximum absolute atomic E-state index is 5.50. The number of oxime groups is 1. The molecule has 3 rings (SSSR count). The third-order valence-corrected chi connectivity index (χ3v) is 2.18. The summed E-state index contributed by atoms with van der Waals surface area (Å²) in [5.74, 6) is 1.27. The molecule has 1 N–H and O–H groups in total. The Morgan fingerprint density at radius 2 is 2.47 bits per heavy atom. The van der Waals surface area contributed by atoms with Gasteiger partial charge in [0.05, 0.1) is 23.7 Å². The third kappa shape index (κ3) is 1.52. The molecule has 0 bridgehead atoms. The smallest absolute Gasteiger partial charge is 0.234 e. The maximum Gasteiger partial charge on any atom is 0.234 e. The molecule has 2 aromatic rings. The lowest BCUT2D eigenvalue weighted by Gasteiger charge is -2.01. The summed E-state index contributed by atoms with van der Waals surface area (Å²) in [6.07, 6.45) is 4.23. The molecular weight excluding hydrogens is 194 g/mol. The average molecular weight is 203 g/mol. The van der Waals surface area contributed by atoms with Crippen molar-refractivity contribution in [2.75, 3.05) is 6.61 Å². The van der Waals surface area contributed by atoms with Gasteiger partial charge in [0, 0.05) is 12.3 Å². The van der Waals surface area contributed by atoms with Crippen LogP contribution in [0.2, 0.25) is 0 Å². The van der Waals surface area contributed by atoms with Crippen LogP contribution in [-0.4, -0.2) is 22.5 Å². The van der Waals surface area contributed by atoms with Crippen LogP contribution in [0.15, 0.2) is 29.7 Å². The van der Waals surface area contributed by atoms with Crippen molar-refractivity contribution in [3.05, 3.63) is 24.5 Å². The Bertz CT molecular complexity index is 518. The molecule has 0 saturated carbocycles. The Hall–Kier alpha value is -2.04. The predicted molar refractivity (Wildman–Crippen MR) is 54.7 cm³/mol. The first kappa shape index (κ1) is 8.28. The van der Waals surface area contributed by atoms with Crippen molar-refractivity contribution in [1.82, 2.24) is 9.97 Å². The highest BCUT2D eigenvalue weighted by molar-refractivity contribution is 5.81. The van der Waals surface area contributed by atoms with E-state index in [0.717, 1.165) is 11.0 Å². The molecule has 2 aromatic heterocycles. The van der Waals surface area contributed by atoms with E-state index in [1.165, 1.54) is 0 Å². The van der Waals surface area contributed by atoms with Gasteiger partial charge in [-0.2, -0.15) is 0 Å². The van der Waals surface area contributed by atoms with Crippen molar-refractivity contribution < 1.29 is 9.57 Å². The van der Waals surface area contributed by atoms with Crippen LogP contribution >= 0.6 is 0 Å². The molecule has 0 aromatic carbocycles. The molecule has 0 saturated heterocycles. The summed E-state index contributed by atoms with van der Waals surface area (Å²) in [5, 5.41) is 3.76. The number of aromatic nitrogens is 2. The second-order valence-electron chi connectivity index (χ2n) is 3.25. The Labute approximate surface area is 85.7 Å². The van der Waals surface area contributed by atoms with Gasteiger partial charge in [-0.15, -0.1) is 0 Å². The Balaban J connectivity index is 1.90. The molecular formula is C10H9N3O2. The zero-order valence-corrected chi connectivity index (χ0v) is 7.93. The molecule has 15 heavy (non-hydrogen) atoms. The van der Waals surface area contributed by atoms with Gasteiger partial charge >= 0.3 is 0 Å². The minimum absolute atomic E-state index is 0.591. The van der Waals surface area contributed by atoms with Crippen LogP contribution in [0.4, 0.5) is 0 Å². The number of aromatic amines is 1. The minimum atomic E-state index is 0.591. The molecule has 76 valence electrons. The average Bonchev–Trinajstić information content (AvgIpc) is 2.87. The largest absolute Gasteiger partial charge is 0.438 e. The topological polar surface area (TPSA) is 59.5 Å². The second kappa shape index (κ2) is 3.27. The van der Waals surface area contributed by atoms with Gasteiger partial charge < -0.3 is 14.6 Å². The van der Waals surface area contributed by atoms with Gasteiger partial charge in [-0.25, -0.2) is 0 Å². The van der Waals surface area contributed by atoms with Crippen LogP contribution in [0, 0.1) is 0 Å². The molecule has 5 nitrogen and oxygen atoms in total. The van der Waals surface area contributed by atoms with Crippen molar-refractivity contribution in [3.8, 4) is 5.75 Å². The Kier molecular flexibility index (Phi) is 1.81. The summed E-state index contributed by atoms with van der Waals surface area (Å²) < 4.78 is 5.50. The molecule has 1 aliphatic heterocycles. The molecule has 0 spiro atoms. The van der Waals surface area contributed by atoms with E-state index in [1.807, 2.05) is 18.3 Å². The van der Waals surface area contributed by atoms with Crippen molar-refractivity contribution in [1.29, 1.82) is 0 Å². The normalized spacial score (nSPS) is 15.1. The van der Waals surface area contributed by atoms with Gasteiger partial charge in [0.25, 0.3) is 0 Å². The van der Waals surface area contributed by atoms with Gasteiger partial charge in [-0.05, 0) is 6.07 Å². The number of H-pyrrole nitrogens is 1. The van der Waals surface area contributed by atoms with E-state index < -0.39 is 0 Å². The standard InChI is InChI=1S/C10H9N3O2/c1-3-11-9-5-7(6-12-8(1)9)15-10-2-4-14-13-10/h1,3,5-6,11H,2,4H2. The van der Waals surface area contributed by atoms with Crippen LogP contribution in [0.25, 0.3) is 11.0 Å². The highest BCUT2D eigenvalue weighted by Gasteiger charge is 2.10. The number of ether oxygens (including phenoxy) is 1. The Morgan fingerprint density at radius 3 is 3.33 bits per heavy atom. The fourth-order valence-electron chi connectivity index (χ4n) is 1.47. The van der Waals surface area contributed by atoms with Gasteiger partial charge in [0.15, 0.2) is 0 Å². The van der Waals surface area contributed by atoms with E-state index >= 15 is 0 Å². The molecule has 0 fully saturated rings. The van der Waals surface area contributed by atoms with Crippen LogP contribution in [0.1, 0.15) is 6.42 Å². The fraction of sp³-hybridized carbons (Fsp3) is 0.200. The molecule has 1 aliphatic rings. The van der Waals surface area contributed by atoms with E-state index in [-0.39, 0.29) is 0 Å². The lowest BCUT2D eigenvalue weighted by atomic mass is 10.3. The molecule has 0 amide bonds. The zero-order valence-electron chi connectivity index (χ0n) is 7.93. The third-order valence-electron chi connectivity index (χ3n) is 2.18. The van der Waals surface area contributed by atoms with Crippen molar-refractivity contribution in [3.63, 3.8) is 0 Å². The summed E-state index contributed by atoms with van der Waals surface area (Å²) in [5.41, 5.74) is 1.87. The number of hydrogen-bond donors (Lipinski definition) is 1. The van der Waals surface area contributed by atoms with Crippen LogP contribution in [0.5, 0.6) is 5.75 Å². The molecule has 0 atom stereocenters. The summed E-state index contributed by atoms with van der Waals surface area (Å²) in [6.45, 7) is 0.591. The molecule has 3 heterocycles. The number of fused-ring (bicyclic) bond motifs is 1. The fourth-order valence-corrected chi connectivity index (χ4v) is 1.47. The molecule has 0 unspecified atom stereocenters. The first-order valence-electron chi connectivity index (χ1n) is 4.72. The Morgan fingerprint density at radius 1 is 1.47 bits per heavy atom. The number of hydrogen-bond acceptors (Lipinski definition) is 4. The highest BCUT2D eigenvalue weighted by Crippen LogP contribution is 2.18. The number of nitrogens with one attached hydrogen (secondary N) is 1. The molecule has 0 radical (unpaired) electrons. The van der Waals surface area contributed by atoms with Gasteiger partial charge in [-0.1, -0.05) is 5.16 Å². The predicted octanol–water partition coefficient (Wildman–Crippen LogP) is 1.68. The van der Waals surface area contributed by atoms with Gasteiger partial charge in [0.2, 0.25) is 5.90 Å². The van der Waals surface area contributed by atoms with E-state index in [4.69, 9.17) is 9.57 Å². The first-order chi connectivity index (χ1) is 7.42. The monoisotopic (exact) mass is 203 g/mol. The zero-order chi connectivity index (χ0) is 10.1. The second-order valence-corrected chi connectivity index (χ2v) is 3.25. The van der Waals surface area contributed by atoms with E-state index in [9.17, 15) is 0 Å². The summed E-state index contributed by atoms with van der Waals surface area (Å²) in [7, 11) is 0. The quantitative estimate of drug-likeness (QED) is 0.767. The maximum atomic E-state index is 5.50. The molecule has 5 heteroatoms. The minimum Gasteiger partial charge on any atom is -0.438 e. The van der Waals surface area contributed by atoms with Crippen LogP contribution < -0.4 is 4.74 Å². The number of nitrogens with zero attached hydrogens (tertiary/aromatic N) is 2.